The molecule has 4 aromatic rings. The highest BCUT2D eigenvalue weighted by Gasteiger charge is 2.50. The highest BCUT2D eigenvalue weighted by Crippen LogP contribution is 2.34. The topological polar surface area (TPSA) is 73.8 Å². The molecule has 0 bridgehead atoms. The quantitative estimate of drug-likeness (QED) is 0.124. The Morgan fingerprint density at radius 1 is 0.551 bits per heavy atom. The minimum absolute atomic E-state index is 0.0425. The first-order valence-corrected chi connectivity index (χ1v) is 17.2. The second-order valence-corrected chi connectivity index (χ2v) is 12.6. The summed E-state index contributed by atoms with van der Waals surface area (Å²) in [6.07, 6.45) is -2.21. The zero-order valence-electron chi connectivity index (χ0n) is 28.4. The van der Waals surface area contributed by atoms with Crippen molar-refractivity contribution in [3.63, 3.8) is 0 Å². The van der Waals surface area contributed by atoms with Crippen LogP contribution in [0.5, 0.6) is 0 Å². The van der Waals surface area contributed by atoms with Crippen LogP contribution in [0.1, 0.15) is 42.0 Å². The third-order valence-corrected chi connectivity index (χ3v) is 8.98. The van der Waals surface area contributed by atoms with Gasteiger partial charge in [0.1, 0.15) is 24.4 Å². The fourth-order valence-corrected chi connectivity index (χ4v) is 6.34. The van der Waals surface area contributed by atoms with Gasteiger partial charge in [0.05, 0.1) is 45.2 Å². The molecule has 0 amide bonds. The summed E-state index contributed by atoms with van der Waals surface area (Å²) >= 11 is 0. The van der Waals surface area contributed by atoms with E-state index >= 15 is 0 Å². The van der Waals surface area contributed by atoms with Crippen molar-refractivity contribution in [2.75, 3.05) is 13.7 Å². The van der Waals surface area contributed by atoms with Gasteiger partial charge in [0.15, 0.2) is 12.6 Å². The van der Waals surface area contributed by atoms with Gasteiger partial charge in [0.2, 0.25) is 0 Å². The van der Waals surface area contributed by atoms with Crippen LogP contribution >= 0.6 is 0 Å². The monoisotopic (exact) mass is 668 g/mol. The molecule has 0 N–H and O–H groups in total. The molecule has 2 fully saturated rings. The highest BCUT2D eigenvalue weighted by molar-refractivity contribution is 5.16. The summed E-state index contributed by atoms with van der Waals surface area (Å²) in [5.74, 6) is 0. The molecule has 260 valence electrons. The summed E-state index contributed by atoms with van der Waals surface area (Å²) in [4.78, 5) is 0. The van der Waals surface area contributed by atoms with E-state index in [1.807, 2.05) is 116 Å². The van der Waals surface area contributed by atoms with Crippen molar-refractivity contribution in [1.29, 1.82) is 0 Å². The van der Waals surface area contributed by atoms with Crippen molar-refractivity contribution >= 4 is 0 Å². The van der Waals surface area contributed by atoms with E-state index in [9.17, 15) is 0 Å². The van der Waals surface area contributed by atoms with Crippen LogP contribution in [0.25, 0.3) is 0 Å². The van der Waals surface area contributed by atoms with Gasteiger partial charge in [0, 0.05) is 13.5 Å². The van der Waals surface area contributed by atoms with E-state index in [0.717, 1.165) is 28.7 Å². The Labute approximate surface area is 290 Å². The number of hydrogen-bond donors (Lipinski definition) is 0. The lowest BCUT2D eigenvalue weighted by molar-refractivity contribution is -0.352. The molecule has 8 nitrogen and oxygen atoms in total. The van der Waals surface area contributed by atoms with Gasteiger partial charge in [-0.1, -0.05) is 121 Å². The van der Waals surface area contributed by atoms with Crippen LogP contribution in [0, 0.1) is 0 Å². The molecule has 8 heteroatoms. The fraction of sp³-hybridized carbons (Fsp3) is 0.415. The fourth-order valence-electron chi connectivity index (χ4n) is 6.34. The third-order valence-electron chi connectivity index (χ3n) is 8.98. The maximum Gasteiger partial charge on any atom is 0.186 e. The Balaban J connectivity index is 1.19. The average molecular weight is 669 g/mol. The zero-order chi connectivity index (χ0) is 33.7. The summed E-state index contributed by atoms with van der Waals surface area (Å²) in [5, 5.41) is 0. The Morgan fingerprint density at radius 2 is 1.04 bits per heavy atom. The van der Waals surface area contributed by atoms with Crippen LogP contribution in [0.15, 0.2) is 121 Å². The Bertz CT molecular complexity index is 1470. The molecular formula is C41H48O8. The average Bonchev–Trinajstić information content (AvgIpc) is 3.15. The second-order valence-electron chi connectivity index (χ2n) is 12.6. The molecule has 8 atom stereocenters. The maximum atomic E-state index is 6.75. The molecule has 6 rings (SSSR count). The lowest BCUT2D eigenvalue weighted by Crippen LogP contribution is -2.62. The van der Waals surface area contributed by atoms with Crippen LogP contribution in [-0.4, -0.2) is 62.9 Å². The molecule has 0 aliphatic carbocycles. The molecule has 2 heterocycles. The molecule has 0 radical (unpaired) electrons. The van der Waals surface area contributed by atoms with Gasteiger partial charge in [-0.3, -0.25) is 0 Å². The van der Waals surface area contributed by atoms with E-state index in [4.69, 9.17) is 37.9 Å². The Morgan fingerprint density at radius 3 is 1.55 bits per heavy atom. The lowest BCUT2D eigenvalue weighted by atomic mass is 9.97. The van der Waals surface area contributed by atoms with Crippen LogP contribution < -0.4 is 0 Å². The smallest absolute Gasteiger partial charge is 0.186 e. The van der Waals surface area contributed by atoms with Gasteiger partial charge < -0.3 is 37.9 Å². The summed E-state index contributed by atoms with van der Waals surface area (Å²) in [6.45, 7) is 4.03. The first kappa shape index (κ1) is 35.4. The summed E-state index contributed by atoms with van der Waals surface area (Å²) < 4.78 is 51.6. The summed E-state index contributed by atoms with van der Waals surface area (Å²) in [5.41, 5.74) is 4.31. The van der Waals surface area contributed by atoms with Gasteiger partial charge in [-0.05, 0) is 35.6 Å². The molecule has 49 heavy (non-hydrogen) atoms. The molecule has 2 aliphatic heterocycles. The van der Waals surface area contributed by atoms with Crippen LogP contribution in [0.3, 0.4) is 0 Å². The molecule has 2 aliphatic rings. The Kier molecular flexibility index (Phi) is 13.4. The normalized spacial score (nSPS) is 27.1. The highest BCUT2D eigenvalue weighted by atomic mass is 16.8. The number of rotatable bonds is 16. The van der Waals surface area contributed by atoms with Crippen molar-refractivity contribution in [2.24, 2.45) is 0 Å². The molecular weight excluding hydrogens is 620 g/mol. The lowest BCUT2D eigenvalue weighted by Gasteiger charge is -2.47. The first-order chi connectivity index (χ1) is 24.2. The van der Waals surface area contributed by atoms with Gasteiger partial charge in [-0.15, -0.1) is 0 Å². The standard InChI is InChI=1S/C41H48O8/c1-30-35(44-26-32-17-9-4-10-18-32)23-24-37(47-30)49-40-39(46-28-34-21-13-6-14-22-34)38(45-27-33-19-11-5-12-20-33)36(48-41(40)42-2)29-43-25-31-15-7-3-8-16-31/h3-22,30,35-41H,23-29H2,1-2H3/t30-,35-,36+,37?,38+,39-,40+,41-/m0/s1. The first-order valence-electron chi connectivity index (χ1n) is 17.2. The van der Waals surface area contributed by atoms with E-state index < -0.39 is 37.0 Å². The SMILES string of the molecule is CO[C@H]1O[C@H](COCc2ccccc2)[C@@H](OCc2ccccc2)[C@H](OCc2ccccc2)[C@H]1OC1CC[C@H](OCc2ccccc2)[C@H](C)O1. The minimum Gasteiger partial charge on any atom is -0.374 e. The van der Waals surface area contributed by atoms with E-state index in [1.54, 1.807) is 7.11 Å². The number of ether oxygens (including phenoxy) is 8. The molecule has 4 aromatic carbocycles. The van der Waals surface area contributed by atoms with E-state index in [2.05, 4.69) is 12.1 Å². The van der Waals surface area contributed by atoms with Gasteiger partial charge >= 0.3 is 0 Å². The Hall–Kier alpha value is -3.44. The van der Waals surface area contributed by atoms with Gasteiger partial charge in [-0.2, -0.15) is 0 Å². The van der Waals surface area contributed by atoms with Crippen molar-refractivity contribution in [3.05, 3.63) is 144 Å². The van der Waals surface area contributed by atoms with Crippen molar-refractivity contribution in [1.82, 2.24) is 0 Å². The van der Waals surface area contributed by atoms with Gasteiger partial charge in [0.25, 0.3) is 0 Å². The van der Waals surface area contributed by atoms with E-state index in [-0.39, 0.29) is 18.8 Å². The van der Waals surface area contributed by atoms with Crippen LogP contribution in [-0.2, 0) is 64.3 Å². The summed E-state index contributed by atoms with van der Waals surface area (Å²) in [6, 6.07) is 40.5. The van der Waals surface area contributed by atoms with Crippen molar-refractivity contribution in [2.45, 2.75) is 95.4 Å². The van der Waals surface area contributed by atoms with Crippen molar-refractivity contribution < 1.29 is 37.9 Å². The minimum atomic E-state index is -0.742. The predicted octanol–water partition coefficient (Wildman–Crippen LogP) is 7.24. The molecule has 0 spiro atoms. The number of benzene rings is 4. The maximum absolute atomic E-state index is 6.75. The predicted molar refractivity (Wildman–Crippen MR) is 185 cm³/mol. The van der Waals surface area contributed by atoms with E-state index in [1.165, 1.54) is 0 Å². The number of methoxy groups -OCH3 is 1. The molecule has 1 unspecified atom stereocenters. The molecule has 2 saturated heterocycles. The third kappa shape index (κ3) is 10.3. The largest absolute Gasteiger partial charge is 0.374 e. The van der Waals surface area contributed by atoms with Gasteiger partial charge in [-0.25, -0.2) is 0 Å². The van der Waals surface area contributed by atoms with Crippen LogP contribution in [0.4, 0.5) is 0 Å². The zero-order valence-corrected chi connectivity index (χ0v) is 28.4. The van der Waals surface area contributed by atoms with Crippen LogP contribution in [0.2, 0.25) is 0 Å². The molecule has 0 aromatic heterocycles. The van der Waals surface area contributed by atoms with Crippen molar-refractivity contribution in [3.8, 4) is 0 Å². The number of hydrogen-bond acceptors (Lipinski definition) is 8. The van der Waals surface area contributed by atoms with E-state index in [0.29, 0.717) is 32.8 Å². The molecule has 0 saturated carbocycles. The summed E-state index contributed by atoms with van der Waals surface area (Å²) in [7, 11) is 1.63. The second kappa shape index (κ2) is 18.5.